The zero-order chi connectivity index (χ0) is 26.6. The predicted molar refractivity (Wildman–Crippen MR) is 147 cm³/mol. The lowest BCUT2D eigenvalue weighted by Gasteiger charge is -2.32. The van der Waals surface area contributed by atoms with Crippen LogP contribution in [0.5, 0.6) is 5.88 Å². The minimum Gasteiger partial charge on any atom is -0.494 e. The first-order valence-electron chi connectivity index (χ1n) is 12.8. The second-order valence-electron chi connectivity index (χ2n) is 9.84. The van der Waals surface area contributed by atoms with Crippen molar-refractivity contribution in [2.75, 3.05) is 33.2 Å². The van der Waals surface area contributed by atoms with Crippen molar-refractivity contribution in [1.82, 2.24) is 14.8 Å². The van der Waals surface area contributed by atoms with E-state index in [-0.39, 0.29) is 12.3 Å². The monoisotopic (exact) mass is 514 g/mol. The summed E-state index contributed by atoms with van der Waals surface area (Å²) in [5, 5.41) is 20.5. The number of piperazine rings is 1. The molecule has 3 aromatic carbocycles. The molecule has 0 amide bonds. The minimum atomic E-state index is -0.844. The summed E-state index contributed by atoms with van der Waals surface area (Å²) < 4.78 is 13.9. The fraction of sp³-hybridized carbons (Fsp3) is 0.267. The molecule has 1 aliphatic rings. The number of hydrogen-bond donors (Lipinski definition) is 3. The van der Waals surface area contributed by atoms with E-state index in [0.29, 0.717) is 28.6 Å². The van der Waals surface area contributed by atoms with Crippen LogP contribution in [0.2, 0.25) is 0 Å². The van der Waals surface area contributed by atoms with Gasteiger partial charge in [0.2, 0.25) is 0 Å². The van der Waals surface area contributed by atoms with E-state index in [1.54, 1.807) is 6.07 Å². The Labute approximate surface area is 220 Å². The molecule has 1 aromatic heterocycles. The van der Waals surface area contributed by atoms with Gasteiger partial charge in [-0.25, -0.2) is 9.38 Å². The molecule has 0 atom stereocenters. The number of hydrogen-bond acceptors (Lipinski definition) is 5. The number of aromatic hydroxyl groups is 1. The Bertz CT molecular complexity index is 1450. The highest BCUT2D eigenvalue weighted by atomic mass is 19.1. The molecule has 0 unspecified atom stereocenters. The molecule has 0 saturated carbocycles. The summed E-state index contributed by atoms with van der Waals surface area (Å²) in [7, 11) is 2.15. The number of H-pyrrole nitrogens is 1. The standard InChI is InChI=1S/C30H31FN4O3/c1-34-14-16-35(17-15-34)19-21-4-10-24(11-5-21)32-29(22-7-2-20(3-8-22)6-13-27(36)37)28-25-12-9-23(31)18-26(25)33-30(28)38/h2-5,7-12,18,33,38H,6,13-17,19H2,1H3,(H,36,37). The molecule has 4 aromatic rings. The Morgan fingerprint density at radius 2 is 1.66 bits per heavy atom. The van der Waals surface area contributed by atoms with Crippen molar-refractivity contribution in [3.63, 3.8) is 0 Å². The van der Waals surface area contributed by atoms with Gasteiger partial charge in [-0.1, -0.05) is 36.4 Å². The Hall–Kier alpha value is -4.01. The molecular formula is C30H31FN4O3. The van der Waals surface area contributed by atoms with E-state index in [1.165, 1.54) is 17.7 Å². The van der Waals surface area contributed by atoms with Gasteiger partial charge in [-0.05, 0) is 54.9 Å². The van der Waals surface area contributed by atoms with Gasteiger partial charge in [0.25, 0.3) is 0 Å². The molecule has 0 bridgehead atoms. The smallest absolute Gasteiger partial charge is 0.303 e. The van der Waals surface area contributed by atoms with E-state index in [4.69, 9.17) is 10.1 Å². The van der Waals surface area contributed by atoms with Gasteiger partial charge in [-0.2, -0.15) is 0 Å². The zero-order valence-corrected chi connectivity index (χ0v) is 21.3. The van der Waals surface area contributed by atoms with Crippen molar-refractivity contribution < 1.29 is 19.4 Å². The first kappa shape index (κ1) is 25.6. The second kappa shape index (κ2) is 11.2. The first-order valence-corrected chi connectivity index (χ1v) is 12.8. The Morgan fingerprint density at radius 3 is 2.34 bits per heavy atom. The van der Waals surface area contributed by atoms with Crippen molar-refractivity contribution in [3.8, 4) is 5.88 Å². The van der Waals surface area contributed by atoms with Crippen LogP contribution in [0.1, 0.15) is 28.7 Å². The number of halogens is 1. The number of nitrogens with zero attached hydrogens (tertiary/aromatic N) is 3. The van der Waals surface area contributed by atoms with Gasteiger partial charge < -0.3 is 20.1 Å². The van der Waals surface area contributed by atoms with Gasteiger partial charge in [-0.15, -0.1) is 0 Å². The molecule has 196 valence electrons. The molecule has 0 radical (unpaired) electrons. The molecule has 8 heteroatoms. The molecule has 7 nitrogen and oxygen atoms in total. The van der Waals surface area contributed by atoms with Crippen LogP contribution >= 0.6 is 0 Å². The number of carboxylic acid groups (broad SMARTS) is 1. The van der Waals surface area contributed by atoms with Crippen molar-refractivity contribution in [1.29, 1.82) is 0 Å². The molecule has 2 heterocycles. The van der Waals surface area contributed by atoms with Crippen molar-refractivity contribution >= 4 is 28.3 Å². The quantitative estimate of drug-likeness (QED) is 0.290. The van der Waals surface area contributed by atoms with Crippen LogP contribution < -0.4 is 0 Å². The highest BCUT2D eigenvalue weighted by Gasteiger charge is 2.19. The summed E-state index contributed by atoms with van der Waals surface area (Å²) in [6, 6.07) is 19.9. The van der Waals surface area contributed by atoms with Gasteiger partial charge in [-0.3, -0.25) is 9.69 Å². The van der Waals surface area contributed by atoms with Gasteiger partial charge in [0.15, 0.2) is 5.88 Å². The highest BCUT2D eigenvalue weighted by molar-refractivity contribution is 6.21. The highest BCUT2D eigenvalue weighted by Crippen LogP contribution is 2.32. The fourth-order valence-electron chi connectivity index (χ4n) is 4.81. The number of aromatic nitrogens is 1. The number of carbonyl (C=O) groups is 1. The van der Waals surface area contributed by atoms with Crippen LogP contribution in [0.3, 0.4) is 0 Å². The average molecular weight is 515 g/mol. The van der Waals surface area contributed by atoms with Gasteiger partial charge in [0.05, 0.1) is 22.5 Å². The summed E-state index contributed by atoms with van der Waals surface area (Å²) in [6.07, 6.45) is 0.476. The molecule has 38 heavy (non-hydrogen) atoms. The van der Waals surface area contributed by atoms with E-state index in [1.807, 2.05) is 36.4 Å². The lowest BCUT2D eigenvalue weighted by atomic mass is 9.98. The number of benzene rings is 3. The summed E-state index contributed by atoms with van der Waals surface area (Å²) in [4.78, 5) is 23.5. The molecular weight excluding hydrogens is 483 g/mol. The van der Waals surface area contributed by atoms with E-state index in [0.717, 1.165) is 49.5 Å². The molecule has 5 rings (SSSR count). The fourth-order valence-corrected chi connectivity index (χ4v) is 4.81. The third-order valence-corrected chi connectivity index (χ3v) is 7.01. The maximum Gasteiger partial charge on any atom is 0.303 e. The van der Waals surface area contributed by atoms with Crippen LogP contribution in [-0.4, -0.2) is 69.9 Å². The van der Waals surface area contributed by atoms with Gasteiger partial charge in [0, 0.05) is 50.1 Å². The third-order valence-electron chi connectivity index (χ3n) is 7.01. The Balaban J connectivity index is 1.48. The number of aromatic amines is 1. The lowest BCUT2D eigenvalue weighted by molar-refractivity contribution is -0.136. The number of rotatable bonds is 8. The number of aliphatic carboxylic acids is 1. The van der Waals surface area contributed by atoms with Crippen LogP contribution in [0.25, 0.3) is 10.9 Å². The summed E-state index contributed by atoms with van der Waals surface area (Å²) >= 11 is 0. The first-order chi connectivity index (χ1) is 18.4. The lowest BCUT2D eigenvalue weighted by Crippen LogP contribution is -2.43. The Morgan fingerprint density at radius 1 is 0.974 bits per heavy atom. The van der Waals surface area contributed by atoms with E-state index in [9.17, 15) is 14.3 Å². The molecule has 1 aliphatic heterocycles. The van der Waals surface area contributed by atoms with Crippen molar-refractivity contribution in [2.24, 2.45) is 4.99 Å². The molecule has 3 N–H and O–H groups in total. The summed E-state index contributed by atoms with van der Waals surface area (Å²) in [5.74, 6) is -1.34. The number of aliphatic imine (C=N–C) groups is 1. The molecule has 1 fully saturated rings. The van der Waals surface area contributed by atoms with Crippen LogP contribution in [0, 0.1) is 5.82 Å². The van der Waals surface area contributed by atoms with E-state index < -0.39 is 11.8 Å². The van der Waals surface area contributed by atoms with Crippen molar-refractivity contribution in [3.05, 3.63) is 94.8 Å². The molecule has 0 aliphatic carbocycles. The SMILES string of the molecule is CN1CCN(Cc2ccc(N=C(c3ccc(CCC(=O)O)cc3)c3c(O)[nH]c4cc(F)ccc34)cc2)CC1. The van der Waals surface area contributed by atoms with Gasteiger partial charge >= 0.3 is 5.97 Å². The average Bonchev–Trinajstić information content (AvgIpc) is 3.23. The second-order valence-corrected chi connectivity index (χ2v) is 9.84. The number of aryl methyl sites for hydroxylation is 1. The number of likely N-dealkylation sites (N-methyl/N-ethyl adjacent to an activating group) is 1. The Kier molecular flexibility index (Phi) is 7.53. The summed E-state index contributed by atoms with van der Waals surface area (Å²) in [5.41, 5.74) is 5.10. The number of fused-ring (bicyclic) bond motifs is 1. The minimum absolute atomic E-state index is 0.0512. The van der Waals surface area contributed by atoms with E-state index in [2.05, 4.69) is 34.0 Å². The van der Waals surface area contributed by atoms with Gasteiger partial charge in [0.1, 0.15) is 5.82 Å². The van der Waals surface area contributed by atoms with Crippen LogP contribution in [0.4, 0.5) is 10.1 Å². The summed E-state index contributed by atoms with van der Waals surface area (Å²) in [6.45, 7) is 5.11. The van der Waals surface area contributed by atoms with Crippen molar-refractivity contribution in [2.45, 2.75) is 19.4 Å². The normalized spacial score (nSPS) is 15.3. The van der Waals surface area contributed by atoms with E-state index >= 15 is 0 Å². The van der Waals surface area contributed by atoms with Crippen LogP contribution in [0.15, 0.2) is 71.7 Å². The molecule has 1 saturated heterocycles. The van der Waals surface area contributed by atoms with Crippen LogP contribution in [-0.2, 0) is 17.8 Å². The topological polar surface area (TPSA) is 92.2 Å². The zero-order valence-electron chi connectivity index (χ0n) is 21.3. The largest absolute Gasteiger partial charge is 0.494 e. The predicted octanol–water partition coefficient (Wildman–Crippen LogP) is 4.95. The number of nitrogens with one attached hydrogen (secondary N) is 1. The maximum absolute atomic E-state index is 13.9. The number of carboxylic acids is 1. The third kappa shape index (κ3) is 5.93. The maximum atomic E-state index is 13.9. The molecule has 0 spiro atoms.